The monoisotopic (exact) mass is 249 g/mol. The van der Waals surface area contributed by atoms with E-state index >= 15 is 0 Å². The molecule has 0 unspecified atom stereocenters. The van der Waals surface area contributed by atoms with Crippen LogP contribution in [0, 0.1) is 6.92 Å². The van der Waals surface area contributed by atoms with Crippen molar-refractivity contribution in [3.8, 4) is 0 Å². The van der Waals surface area contributed by atoms with Gasteiger partial charge in [0, 0.05) is 11.6 Å². The second-order valence-electron chi connectivity index (χ2n) is 4.54. The van der Waals surface area contributed by atoms with Gasteiger partial charge in [-0.2, -0.15) is 0 Å². The summed E-state index contributed by atoms with van der Waals surface area (Å²) in [7, 11) is 0. The highest BCUT2D eigenvalue weighted by molar-refractivity contribution is 5.78. The van der Waals surface area contributed by atoms with Gasteiger partial charge in [-0.15, -0.1) is 0 Å². The third-order valence-electron chi connectivity index (χ3n) is 3.16. The molecule has 0 aliphatic rings. The molecule has 0 radical (unpaired) electrons. The number of nitrogens with one attached hydrogen (secondary N) is 1. The molecule has 0 amide bonds. The highest BCUT2D eigenvalue weighted by Gasteiger charge is 2.00. The fraction of sp³-hybridized carbons (Fsp3) is 0.125. The molecule has 0 atom stereocenters. The first-order valence-corrected chi connectivity index (χ1v) is 6.32. The van der Waals surface area contributed by atoms with Crippen molar-refractivity contribution in [3.05, 3.63) is 66.1 Å². The first kappa shape index (κ1) is 11.7. The molecule has 1 N–H and O–H groups in total. The fourth-order valence-corrected chi connectivity index (χ4v) is 2.04. The van der Waals surface area contributed by atoms with Gasteiger partial charge in [0.2, 0.25) is 0 Å². The van der Waals surface area contributed by atoms with Crippen LogP contribution in [0.15, 0.2) is 54.9 Å². The summed E-state index contributed by atoms with van der Waals surface area (Å²) in [6.07, 6.45) is 3.64. The summed E-state index contributed by atoms with van der Waals surface area (Å²) in [4.78, 5) is 8.76. The molecule has 0 spiro atoms. The summed E-state index contributed by atoms with van der Waals surface area (Å²) in [5, 5.41) is 4.54. The summed E-state index contributed by atoms with van der Waals surface area (Å²) in [6.45, 7) is 2.77. The van der Waals surface area contributed by atoms with Gasteiger partial charge < -0.3 is 5.32 Å². The number of hydrogen-bond donors (Lipinski definition) is 1. The van der Waals surface area contributed by atoms with Gasteiger partial charge in [0.25, 0.3) is 0 Å². The number of fused-ring (bicyclic) bond motifs is 1. The average molecular weight is 249 g/mol. The number of hydrogen-bond acceptors (Lipinski definition) is 3. The van der Waals surface area contributed by atoms with Crippen LogP contribution < -0.4 is 5.32 Å². The number of para-hydroxylation sites is 1. The predicted octanol–water partition coefficient (Wildman–Crippen LogP) is 3.55. The van der Waals surface area contributed by atoms with Crippen LogP contribution >= 0.6 is 0 Å². The van der Waals surface area contributed by atoms with Gasteiger partial charge in [-0.3, -0.25) is 9.97 Å². The number of anilines is 1. The van der Waals surface area contributed by atoms with Gasteiger partial charge in [0.15, 0.2) is 0 Å². The molecule has 0 aliphatic heterocycles. The van der Waals surface area contributed by atoms with Crippen LogP contribution in [0.4, 0.5) is 5.69 Å². The van der Waals surface area contributed by atoms with Gasteiger partial charge in [-0.25, -0.2) is 0 Å². The number of aryl methyl sites for hydroxylation is 1. The van der Waals surface area contributed by atoms with Crippen LogP contribution in [0.2, 0.25) is 0 Å². The number of aromatic nitrogens is 2. The van der Waals surface area contributed by atoms with E-state index in [1.807, 2.05) is 30.5 Å². The molecule has 3 heteroatoms. The molecule has 1 aromatic carbocycles. The molecule has 0 saturated heterocycles. The SMILES string of the molecule is Cc1ccncc1NCc1ccc2ccccc2n1. The Labute approximate surface area is 112 Å². The van der Waals surface area contributed by atoms with Crippen LogP contribution in [-0.4, -0.2) is 9.97 Å². The lowest BCUT2D eigenvalue weighted by Gasteiger charge is -2.08. The van der Waals surface area contributed by atoms with E-state index in [9.17, 15) is 0 Å². The Morgan fingerprint density at radius 3 is 2.84 bits per heavy atom. The second-order valence-corrected chi connectivity index (χ2v) is 4.54. The van der Waals surface area contributed by atoms with E-state index in [0.717, 1.165) is 16.9 Å². The van der Waals surface area contributed by atoms with Crippen molar-refractivity contribution in [2.45, 2.75) is 13.5 Å². The highest BCUT2D eigenvalue weighted by Crippen LogP contribution is 2.15. The summed E-state index contributed by atoms with van der Waals surface area (Å²) >= 11 is 0. The molecule has 3 nitrogen and oxygen atoms in total. The van der Waals surface area contributed by atoms with Crippen molar-refractivity contribution in [3.63, 3.8) is 0 Å². The molecule has 0 aliphatic carbocycles. The summed E-state index contributed by atoms with van der Waals surface area (Å²) in [5.41, 5.74) is 4.31. The molecule has 0 saturated carbocycles. The van der Waals surface area contributed by atoms with Crippen LogP contribution in [0.3, 0.4) is 0 Å². The maximum Gasteiger partial charge on any atom is 0.0706 e. The van der Waals surface area contributed by atoms with E-state index in [4.69, 9.17) is 0 Å². The molecular weight excluding hydrogens is 234 g/mol. The van der Waals surface area contributed by atoms with Crippen LogP contribution in [0.1, 0.15) is 11.3 Å². The smallest absolute Gasteiger partial charge is 0.0706 e. The van der Waals surface area contributed by atoms with Gasteiger partial charge in [0.1, 0.15) is 0 Å². The van der Waals surface area contributed by atoms with Gasteiger partial charge in [0.05, 0.1) is 29.6 Å². The second kappa shape index (κ2) is 5.06. The normalized spacial score (nSPS) is 10.6. The zero-order valence-electron chi connectivity index (χ0n) is 10.8. The van der Waals surface area contributed by atoms with Gasteiger partial charge >= 0.3 is 0 Å². The average Bonchev–Trinajstić information content (AvgIpc) is 2.46. The van der Waals surface area contributed by atoms with Crippen molar-refractivity contribution in [1.82, 2.24) is 9.97 Å². The van der Waals surface area contributed by atoms with E-state index in [1.54, 1.807) is 6.20 Å². The predicted molar refractivity (Wildman–Crippen MR) is 78.0 cm³/mol. The quantitative estimate of drug-likeness (QED) is 0.771. The third kappa shape index (κ3) is 2.55. The maximum absolute atomic E-state index is 4.64. The van der Waals surface area contributed by atoms with Crippen molar-refractivity contribution in [2.75, 3.05) is 5.32 Å². The Kier molecular flexibility index (Phi) is 3.11. The molecule has 2 heterocycles. The summed E-state index contributed by atoms with van der Waals surface area (Å²) < 4.78 is 0. The van der Waals surface area contributed by atoms with Crippen molar-refractivity contribution < 1.29 is 0 Å². The fourth-order valence-electron chi connectivity index (χ4n) is 2.04. The first-order valence-electron chi connectivity index (χ1n) is 6.32. The molecule has 0 bridgehead atoms. The van der Waals surface area contributed by atoms with Crippen LogP contribution in [0.25, 0.3) is 10.9 Å². The lowest BCUT2D eigenvalue weighted by molar-refractivity contribution is 1.06. The van der Waals surface area contributed by atoms with Crippen molar-refractivity contribution in [2.24, 2.45) is 0 Å². The Balaban J connectivity index is 1.80. The minimum Gasteiger partial charge on any atom is -0.378 e. The number of benzene rings is 1. The first-order chi connectivity index (χ1) is 9.33. The van der Waals surface area contributed by atoms with E-state index < -0.39 is 0 Å². The minimum absolute atomic E-state index is 0.706. The Morgan fingerprint density at radius 1 is 1.05 bits per heavy atom. The maximum atomic E-state index is 4.64. The molecule has 94 valence electrons. The zero-order chi connectivity index (χ0) is 13.1. The molecular formula is C16H15N3. The lowest BCUT2D eigenvalue weighted by Crippen LogP contribution is -2.03. The number of rotatable bonds is 3. The topological polar surface area (TPSA) is 37.8 Å². The van der Waals surface area contributed by atoms with Gasteiger partial charge in [-0.1, -0.05) is 24.3 Å². The van der Waals surface area contributed by atoms with E-state index in [-0.39, 0.29) is 0 Å². The van der Waals surface area contributed by atoms with E-state index in [2.05, 4.69) is 40.4 Å². The lowest BCUT2D eigenvalue weighted by atomic mass is 10.2. The summed E-state index contributed by atoms with van der Waals surface area (Å²) in [6, 6.07) is 14.3. The highest BCUT2D eigenvalue weighted by atomic mass is 14.9. The zero-order valence-corrected chi connectivity index (χ0v) is 10.8. The van der Waals surface area contributed by atoms with Crippen molar-refractivity contribution >= 4 is 16.6 Å². The molecule has 3 aromatic rings. The minimum atomic E-state index is 0.706. The molecule has 2 aromatic heterocycles. The Morgan fingerprint density at radius 2 is 1.95 bits per heavy atom. The van der Waals surface area contributed by atoms with Crippen LogP contribution in [0.5, 0.6) is 0 Å². The Hall–Kier alpha value is -2.42. The van der Waals surface area contributed by atoms with E-state index in [1.165, 1.54) is 10.9 Å². The molecule has 19 heavy (non-hydrogen) atoms. The standard InChI is InChI=1S/C16H15N3/c1-12-8-9-17-11-16(12)18-10-14-7-6-13-4-2-3-5-15(13)19-14/h2-9,11,18H,10H2,1H3. The molecule has 0 fully saturated rings. The van der Waals surface area contributed by atoms with E-state index in [0.29, 0.717) is 6.54 Å². The Bertz CT molecular complexity index is 707. The van der Waals surface area contributed by atoms with Crippen LogP contribution in [-0.2, 0) is 6.54 Å². The number of nitrogens with zero attached hydrogens (tertiary/aromatic N) is 2. The van der Waals surface area contributed by atoms with Gasteiger partial charge in [-0.05, 0) is 30.7 Å². The third-order valence-corrected chi connectivity index (χ3v) is 3.16. The summed E-state index contributed by atoms with van der Waals surface area (Å²) in [5.74, 6) is 0. The van der Waals surface area contributed by atoms with Crippen molar-refractivity contribution in [1.29, 1.82) is 0 Å². The number of pyridine rings is 2. The molecule has 3 rings (SSSR count). The largest absolute Gasteiger partial charge is 0.378 e.